The molecule has 0 unspecified atom stereocenters. The number of halogens is 2. The maximum absolute atomic E-state index is 14.6. The molecule has 2 aromatic heterocycles. The van der Waals surface area contributed by atoms with Crippen LogP contribution in [0.5, 0.6) is 5.88 Å². The van der Waals surface area contributed by atoms with Crippen LogP contribution in [0.25, 0.3) is 0 Å². The van der Waals surface area contributed by atoms with Crippen LogP contribution in [0.2, 0.25) is 0 Å². The molecule has 2 fully saturated rings. The number of methoxy groups -OCH3 is 1. The Bertz CT molecular complexity index is 1210. The molecule has 184 valence electrons. The number of aryl methyl sites for hydroxylation is 1. The number of anilines is 2. The second-order valence-corrected chi connectivity index (χ2v) is 9.42. The van der Waals surface area contributed by atoms with Crippen LogP contribution in [-0.4, -0.2) is 57.8 Å². The van der Waals surface area contributed by atoms with Gasteiger partial charge in [-0.25, -0.2) is 13.5 Å². The van der Waals surface area contributed by atoms with Gasteiger partial charge in [0.2, 0.25) is 11.8 Å². The Morgan fingerprint density at radius 2 is 1.97 bits per heavy atom. The molecule has 4 atom stereocenters. The van der Waals surface area contributed by atoms with Gasteiger partial charge < -0.3 is 19.7 Å². The topological polar surface area (TPSA) is 90.2 Å². The van der Waals surface area contributed by atoms with E-state index in [-0.39, 0.29) is 11.6 Å². The van der Waals surface area contributed by atoms with Crippen LogP contribution in [0.1, 0.15) is 36.8 Å². The van der Waals surface area contributed by atoms with E-state index in [4.69, 9.17) is 19.6 Å². The largest absolute Gasteiger partial charge is 0.480 e. The van der Waals surface area contributed by atoms with E-state index in [1.807, 2.05) is 6.07 Å². The van der Waals surface area contributed by atoms with Crippen molar-refractivity contribution in [2.45, 2.75) is 38.0 Å². The third-order valence-corrected chi connectivity index (χ3v) is 7.30. The van der Waals surface area contributed by atoms with Gasteiger partial charge in [0.25, 0.3) is 0 Å². The lowest BCUT2D eigenvalue weighted by atomic mass is 9.92. The third-order valence-electron chi connectivity index (χ3n) is 7.30. The zero-order valence-electron chi connectivity index (χ0n) is 19.4. The number of aromatic nitrogens is 5. The summed E-state index contributed by atoms with van der Waals surface area (Å²) in [6.07, 6.45) is 4.03. The molecule has 1 N–H and O–H groups in total. The van der Waals surface area contributed by atoms with Crippen molar-refractivity contribution < 1.29 is 18.3 Å². The van der Waals surface area contributed by atoms with Crippen LogP contribution in [0.15, 0.2) is 30.5 Å². The molecule has 2 bridgehead atoms. The quantitative estimate of drug-likeness (QED) is 0.592. The van der Waals surface area contributed by atoms with Gasteiger partial charge in [-0.3, -0.25) is 0 Å². The van der Waals surface area contributed by atoms with Crippen molar-refractivity contribution >= 4 is 11.6 Å². The van der Waals surface area contributed by atoms with Crippen molar-refractivity contribution in [3.8, 4) is 5.88 Å². The number of nitrogens with one attached hydrogen (secondary N) is 1. The number of nitrogens with zero attached hydrogens (tertiary/aromatic N) is 6. The number of ether oxygens (including phenoxy) is 2. The Labute approximate surface area is 201 Å². The van der Waals surface area contributed by atoms with Crippen LogP contribution in [0.4, 0.5) is 20.4 Å². The minimum Gasteiger partial charge on any atom is -0.480 e. The molecule has 0 spiro atoms. The monoisotopic (exact) mass is 483 g/mol. The van der Waals surface area contributed by atoms with Gasteiger partial charge in [-0.05, 0) is 37.2 Å². The Hall–Kier alpha value is -3.34. The van der Waals surface area contributed by atoms with Gasteiger partial charge in [-0.2, -0.15) is 10.1 Å². The summed E-state index contributed by atoms with van der Waals surface area (Å²) in [5, 5.41) is 16.3. The Morgan fingerprint density at radius 1 is 1.14 bits per heavy atom. The summed E-state index contributed by atoms with van der Waals surface area (Å²) in [5.41, 5.74) is 1.28. The highest BCUT2D eigenvalue weighted by atomic mass is 19.1. The Kier molecular flexibility index (Phi) is 5.71. The minimum absolute atomic E-state index is 0.247. The highest BCUT2D eigenvalue weighted by Gasteiger charge is 2.43. The maximum atomic E-state index is 14.6. The first kappa shape index (κ1) is 22.1. The van der Waals surface area contributed by atoms with E-state index < -0.39 is 17.7 Å². The fourth-order valence-electron chi connectivity index (χ4n) is 5.64. The first-order valence-electron chi connectivity index (χ1n) is 12.0. The summed E-state index contributed by atoms with van der Waals surface area (Å²) in [7, 11) is 1.59. The van der Waals surface area contributed by atoms with E-state index in [1.165, 1.54) is 12.1 Å². The molecule has 0 amide bonds. The van der Waals surface area contributed by atoms with Crippen LogP contribution in [0.3, 0.4) is 0 Å². The summed E-state index contributed by atoms with van der Waals surface area (Å²) >= 11 is 0. The molecule has 6 rings (SSSR count). The summed E-state index contributed by atoms with van der Waals surface area (Å²) in [6, 6.07) is 5.71. The van der Waals surface area contributed by atoms with Gasteiger partial charge >= 0.3 is 0 Å². The molecule has 1 aromatic carbocycles. The molecule has 1 saturated heterocycles. The van der Waals surface area contributed by atoms with Gasteiger partial charge in [-0.15, -0.1) is 10.2 Å². The summed E-state index contributed by atoms with van der Waals surface area (Å²) in [6.45, 7) is 2.87. The summed E-state index contributed by atoms with van der Waals surface area (Å²) < 4.78 is 41.0. The van der Waals surface area contributed by atoms with Crippen molar-refractivity contribution in [3.05, 3.63) is 53.5 Å². The first-order valence-corrected chi connectivity index (χ1v) is 12.0. The molecule has 3 aromatic rings. The first-order chi connectivity index (χ1) is 17.1. The number of piperidine rings is 1. The Balaban J connectivity index is 1.21. The maximum Gasteiger partial charge on any atom is 0.242 e. The van der Waals surface area contributed by atoms with Crippen LogP contribution >= 0.6 is 0 Å². The van der Waals surface area contributed by atoms with Gasteiger partial charge in [-0.1, -0.05) is 6.07 Å². The highest BCUT2D eigenvalue weighted by molar-refractivity contribution is 5.48. The van der Waals surface area contributed by atoms with Crippen LogP contribution in [0, 0.1) is 23.5 Å². The molecular weight excluding hydrogens is 456 g/mol. The average Bonchev–Trinajstić information content (AvgIpc) is 3.27. The smallest absolute Gasteiger partial charge is 0.242 e. The van der Waals surface area contributed by atoms with Crippen LogP contribution in [-0.2, 0) is 11.3 Å². The van der Waals surface area contributed by atoms with E-state index in [9.17, 15) is 8.78 Å². The highest BCUT2D eigenvalue weighted by Crippen LogP contribution is 2.40. The SMILES string of the molecule is COc1cc(N2C[C@H]3CC[C@@H](C2)[C@@H]3Nc2nc3n(n2)CCCO[C@@H]3c2ccc(F)cc2F)cnn1. The van der Waals surface area contributed by atoms with Gasteiger partial charge in [0.05, 0.1) is 19.0 Å². The van der Waals surface area contributed by atoms with Gasteiger partial charge in [0, 0.05) is 50.0 Å². The molecule has 1 aliphatic carbocycles. The fourth-order valence-corrected chi connectivity index (χ4v) is 5.64. The standard InChI is InChI=1S/C24H27F2N7O2/c1-34-20-10-17(11-27-30-20)32-12-14-3-4-15(13-32)21(14)28-24-29-23-22(35-8-2-7-33(23)31-24)18-6-5-16(25)9-19(18)26/h5-6,9-11,14-15,21-22H,2-4,7-8,12-13H2,1H3,(H,28,31)/t14-,15+,21-,22-/m1/s1. The minimum atomic E-state index is -0.728. The zero-order chi connectivity index (χ0) is 23.9. The van der Waals surface area contributed by atoms with Crippen molar-refractivity contribution in [3.63, 3.8) is 0 Å². The van der Waals surface area contributed by atoms with Crippen molar-refractivity contribution in [2.24, 2.45) is 11.8 Å². The number of rotatable bonds is 5. The summed E-state index contributed by atoms with van der Waals surface area (Å²) in [5.74, 6) is 1.17. The zero-order valence-corrected chi connectivity index (χ0v) is 19.4. The average molecular weight is 484 g/mol. The predicted octanol–water partition coefficient (Wildman–Crippen LogP) is 3.19. The number of hydrogen-bond acceptors (Lipinski definition) is 8. The predicted molar refractivity (Wildman–Crippen MR) is 123 cm³/mol. The van der Waals surface area contributed by atoms with E-state index in [1.54, 1.807) is 18.0 Å². The second kappa shape index (κ2) is 9.03. The molecule has 35 heavy (non-hydrogen) atoms. The van der Waals surface area contributed by atoms with Crippen molar-refractivity contribution in [1.82, 2.24) is 25.0 Å². The molecular formula is C24H27F2N7O2. The van der Waals surface area contributed by atoms with Gasteiger partial charge in [0.1, 0.15) is 17.7 Å². The molecule has 0 radical (unpaired) electrons. The molecule has 1 saturated carbocycles. The van der Waals surface area contributed by atoms with Gasteiger partial charge in [0.15, 0.2) is 5.82 Å². The Morgan fingerprint density at radius 3 is 2.74 bits per heavy atom. The molecule has 2 aliphatic heterocycles. The molecule has 11 heteroatoms. The fraction of sp³-hybridized carbons (Fsp3) is 0.500. The van der Waals surface area contributed by atoms with E-state index in [2.05, 4.69) is 20.4 Å². The number of fused-ring (bicyclic) bond motifs is 3. The molecule has 9 nitrogen and oxygen atoms in total. The lowest BCUT2D eigenvalue weighted by Gasteiger charge is -2.39. The number of hydrogen-bond donors (Lipinski definition) is 1. The van der Waals surface area contributed by atoms with Crippen LogP contribution < -0.4 is 15.0 Å². The van der Waals surface area contributed by atoms with E-state index >= 15 is 0 Å². The lowest BCUT2D eigenvalue weighted by Crippen LogP contribution is -2.48. The third kappa shape index (κ3) is 4.18. The normalized spacial score (nSPS) is 25.7. The van der Waals surface area contributed by atoms with Crippen molar-refractivity contribution in [2.75, 3.05) is 37.0 Å². The van der Waals surface area contributed by atoms with Crippen molar-refractivity contribution in [1.29, 1.82) is 0 Å². The summed E-state index contributed by atoms with van der Waals surface area (Å²) in [4.78, 5) is 7.07. The molecule has 3 aliphatic rings. The van der Waals surface area contributed by atoms with E-state index in [0.29, 0.717) is 42.6 Å². The number of benzene rings is 1. The second-order valence-electron chi connectivity index (χ2n) is 9.42. The van der Waals surface area contributed by atoms with E-state index in [0.717, 1.165) is 44.1 Å². The lowest BCUT2D eigenvalue weighted by molar-refractivity contribution is 0.0787. The molecule has 4 heterocycles.